The van der Waals surface area contributed by atoms with Crippen molar-refractivity contribution in [3.63, 3.8) is 0 Å². The van der Waals surface area contributed by atoms with Gasteiger partial charge in [0, 0.05) is 11.4 Å². The van der Waals surface area contributed by atoms with Crippen molar-refractivity contribution < 1.29 is 4.79 Å². The van der Waals surface area contributed by atoms with Gasteiger partial charge in [-0.2, -0.15) is 0 Å². The number of urea groups is 1. The summed E-state index contributed by atoms with van der Waals surface area (Å²) < 4.78 is 0. The number of aromatic nitrogens is 1. The number of carbonyl (C=O) groups excluding carboxylic acids is 1. The van der Waals surface area contributed by atoms with Crippen LogP contribution in [0.5, 0.6) is 0 Å². The predicted octanol–water partition coefficient (Wildman–Crippen LogP) is 3.33. The van der Waals surface area contributed by atoms with E-state index in [-0.39, 0.29) is 6.03 Å². The molecule has 0 aliphatic heterocycles. The van der Waals surface area contributed by atoms with Crippen molar-refractivity contribution in [3.8, 4) is 0 Å². The number of anilines is 1. The Morgan fingerprint density at radius 1 is 1.33 bits per heavy atom. The molecule has 2 amide bonds. The number of nitrogens with one attached hydrogen (secondary N) is 2. The molecule has 5 heteroatoms. The first-order chi connectivity index (χ1) is 8.79. The molecule has 1 aliphatic rings. The van der Waals surface area contributed by atoms with Gasteiger partial charge in [-0.3, -0.25) is 5.32 Å². The van der Waals surface area contributed by atoms with Crippen molar-refractivity contribution in [1.82, 2.24) is 10.3 Å². The molecule has 1 heterocycles. The molecule has 0 fully saturated rings. The second kappa shape index (κ2) is 6.73. The fourth-order valence-corrected chi connectivity index (χ4v) is 3.15. The van der Waals surface area contributed by atoms with E-state index in [0.717, 1.165) is 37.4 Å². The summed E-state index contributed by atoms with van der Waals surface area (Å²) in [6, 6.07) is -0.132. The molecule has 0 unspecified atom stereocenters. The van der Waals surface area contributed by atoms with E-state index in [4.69, 9.17) is 0 Å². The van der Waals surface area contributed by atoms with Crippen LogP contribution in [-0.4, -0.2) is 17.6 Å². The molecular weight excluding hydrogens is 246 g/mol. The van der Waals surface area contributed by atoms with Crippen LogP contribution in [0.2, 0.25) is 0 Å². The Morgan fingerprint density at radius 3 is 3.00 bits per heavy atom. The summed E-state index contributed by atoms with van der Waals surface area (Å²) in [5.74, 6) is 0. The number of nitrogens with zero attached hydrogens (tertiary/aromatic N) is 1. The minimum Gasteiger partial charge on any atom is -0.338 e. The van der Waals surface area contributed by atoms with Crippen LogP contribution in [-0.2, 0) is 12.8 Å². The second-order valence-corrected chi connectivity index (χ2v) is 5.77. The van der Waals surface area contributed by atoms with Gasteiger partial charge in [-0.25, -0.2) is 9.78 Å². The number of rotatable bonds is 4. The Labute approximate surface area is 112 Å². The largest absolute Gasteiger partial charge is 0.338 e. The second-order valence-electron chi connectivity index (χ2n) is 4.68. The zero-order valence-electron chi connectivity index (χ0n) is 10.9. The number of hydrogen-bond acceptors (Lipinski definition) is 3. The SMILES string of the molecule is CCCCNC(=O)Nc1nc2c(s1)CCCCC2. The van der Waals surface area contributed by atoms with Gasteiger partial charge in [-0.05, 0) is 32.1 Å². The van der Waals surface area contributed by atoms with E-state index < -0.39 is 0 Å². The molecule has 1 aromatic rings. The Balaban J connectivity index is 1.88. The fourth-order valence-electron chi connectivity index (χ4n) is 2.10. The van der Waals surface area contributed by atoms with Crippen LogP contribution in [0.1, 0.15) is 49.6 Å². The van der Waals surface area contributed by atoms with Crippen LogP contribution in [0, 0.1) is 0 Å². The average Bonchev–Trinajstić information content (AvgIpc) is 2.59. The van der Waals surface area contributed by atoms with Gasteiger partial charge >= 0.3 is 6.03 Å². The molecule has 0 saturated heterocycles. The summed E-state index contributed by atoms with van der Waals surface area (Å²) in [6.45, 7) is 2.84. The van der Waals surface area contributed by atoms with E-state index in [1.54, 1.807) is 11.3 Å². The first-order valence-electron chi connectivity index (χ1n) is 6.83. The van der Waals surface area contributed by atoms with Gasteiger partial charge < -0.3 is 5.32 Å². The highest BCUT2D eigenvalue weighted by molar-refractivity contribution is 7.15. The van der Waals surface area contributed by atoms with Crippen molar-refractivity contribution in [2.45, 2.75) is 51.9 Å². The lowest BCUT2D eigenvalue weighted by atomic mass is 10.2. The number of amides is 2. The van der Waals surface area contributed by atoms with Gasteiger partial charge in [0.05, 0.1) is 5.69 Å². The van der Waals surface area contributed by atoms with Crippen molar-refractivity contribution in [1.29, 1.82) is 0 Å². The van der Waals surface area contributed by atoms with Crippen LogP contribution in [0.3, 0.4) is 0 Å². The Kier molecular flexibility index (Phi) is 4.99. The minimum absolute atomic E-state index is 0.132. The number of fused-ring (bicyclic) bond motifs is 1. The number of aryl methyl sites for hydroxylation is 2. The Hall–Kier alpha value is -1.10. The summed E-state index contributed by atoms with van der Waals surface area (Å²) in [5, 5.41) is 6.42. The van der Waals surface area contributed by atoms with Crippen LogP contribution in [0.4, 0.5) is 9.93 Å². The number of hydrogen-bond donors (Lipinski definition) is 2. The Morgan fingerprint density at radius 2 is 2.17 bits per heavy atom. The maximum Gasteiger partial charge on any atom is 0.321 e. The van der Waals surface area contributed by atoms with E-state index in [0.29, 0.717) is 0 Å². The fraction of sp³-hybridized carbons (Fsp3) is 0.692. The van der Waals surface area contributed by atoms with Crippen molar-refractivity contribution in [2.24, 2.45) is 0 Å². The third kappa shape index (κ3) is 3.70. The lowest BCUT2D eigenvalue weighted by molar-refractivity contribution is 0.252. The zero-order chi connectivity index (χ0) is 12.8. The van der Waals surface area contributed by atoms with Crippen LogP contribution >= 0.6 is 11.3 Å². The predicted molar refractivity (Wildman–Crippen MR) is 75.3 cm³/mol. The molecule has 1 aliphatic carbocycles. The van der Waals surface area contributed by atoms with E-state index >= 15 is 0 Å². The number of carbonyl (C=O) groups is 1. The zero-order valence-corrected chi connectivity index (χ0v) is 11.7. The van der Waals surface area contributed by atoms with Crippen molar-refractivity contribution in [3.05, 3.63) is 10.6 Å². The normalized spacial score (nSPS) is 14.7. The number of thiazole rings is 1. The summed E-state index contributed by atoms with van der Waals surface area (Å²) in [7, 11) is 0. The van der Waals surface area contributed by atoms with Gasteiger partial charge in [-0.1, -0.05) is 19.8 Å². The first kappa shape index (κ1) is 13.3. The topological polar surface area (TPSA) is 54.0 Å². The highest BCUT2D eigenvalue weighted by Crippen LogP contribution is 2.28. The summed E-state index contributed by atoms with van der Waals surface area (Å²) in [4.78, 5) is 17.5. The summed E-state index contributed by atoms with van der Waals surface area (Å²) in [6.07, 6.45) is 8.05. The van der Waals surface area contributed by atoms with E-state index in [9.17, 15) is 4.79 Å². The highest BCUT2D eigenvalue weighted by Gasteiger charge is 2.14. The maximum atomic E-state index is 11.6. The molecule has 2 rings (SSSR count). The highest BCUT2D eigenvalue weighted by atomic mass is 32.1. The molecule has 0 atom stereocenters. The minimum atomic E-state index is -0.132. The molecule has 1 aromatic heterocycles. The monoisotopic (exact) mass is 267 g/mol. The molecule has 0 radical (unpaired) electrons. The Bertz CT molecular complexity index is 379. The van der Waals surface area contributed by atoms with E-state index in [1.807, 2.05) is 0 Å². The molecule has 2 N–H and O–H groups in total. The van der Waals surface area contributed by atoms with Crippen molar-refractivity contribution in [2.75, 3.05) is 11.9 Å². The summed E-state index contributed by atoms with van der Waals surface area (Å²) >= 11 is 1.63. The third-order valence-electron chi connectivity index (χ3n) is 3.13. The van der Waals surface area contributed by atoms with Gasteiger partial charge in [0.2, 0.25) is 0 Å². The number of unbranched alkanes of at least 4 members (excludes halogenated alkanes) is 1. The van der Waals surface area contributed by atoms with Crippen LogP contribution in [0.25, 0.3) is 0 Å². The molecule has 0 saturated carbocycles. The molecule has 0 spiro atoms. The van der Waals surface area contributed by atoms with E-state index in [2.05, 4.69) is 22.5 Å². The lowest BCUT2D eigenvalue weighted by Gasteiger charge is -2.03. The lowest BCUT2D eigenvalue weighted by Crippen LogP contribution is -2.29. The molecule has 0 bridgehead atoms. The van der Waals surface area contributed by atoms with Crippen molar-refractivity contribution >= 4 is 22.5 Å². The van der Waals surface area contributed by atoms with Gasteiger partial charge in [-0.15, -0.1) is 11.3 Å². The molecule has 0 aromatic carbocycles. The van der Waals surface area contributed by atoms with Crippen LogP contribution in [0.15, 0.2) is 0 Å². The standard InChI is InChI=1S/C13H21N3OS/c1-2-3-9-14-12(17)16-13-15-10-7-5-4-6-8-11(10)18-13/h2-9H2,1H3,(H2,14,15,16,17). The molecule has 4 nitrogen and oxygen atoms in total. The average molecular weight is 267 g/mol. The summed E-state index contributed by atoms with van der Waals surface area (Å²) in [5.41, 5.74) is 1.20. The smallest absolute Gasteiger partial charge is 0.321 e. The molecule has 18 heavy (non-hydrogen) atoms. The molecule has 100 valence electrons. The molecular formula is C13H21N3OS. The maximum absolute atomic E-state index is 11.6. The van der Waals surface area contributed by atoms with Crippen LogP contribution < -0.4 is 10.6 Å². The van der Waals surface area contributed by atoms with Gasteiger partial charge in [0.1, 0.15) is 0 Å². The van der Waals surface area contributed by atoms with Gasteiger partial charge in [0.25, 0.3) is 0 Å². The quantitative estimate of drug-likeness (QED) is 0.649. The van der Waals surface area contributed by atoms with E-state index in [1.165, 1.54) is 29.8 Å². The van der Waals surface area contributed by atoms with Gasteiger partial charge in [0.15, 0.2) is 5.13 Å². The first-order valence-corrected chi connectivity index (χ1v) is 7.64. The third-order valence-corrected chi connectivity index (χ3v) is 4.20.